The molecule has 1 N–H and O–H groups in total. The molecule has 1 amide bonds. The van der Waals surface area contributed by atoms with E-state index in [9.17, 15) is 9.18 Å². The number of ether oxygens (including phenoxy) is 2. The van der Waals surface area contributed by atoms with Crippen LogP contribution in [0.5, 0.6) is 5.75 Å². The standard InChI is InChI=1S/C22H19Cl2FN4O4/c23-14-4-1-12(2-5-14)20-28-29-21(33-20)17-6-3-13-8-22(13,11-32-17)27-18(30)10-31-15-7-16(25)19(24)26-9-15/h1-2,4-5,7,9,13,17H,3,6,8,10-11H2,(H,27,30)/t13?,17?,22-/m1/s1. The molecule has 33 heavy (non-hydrogen) atoms. The summed E-state index contributed by atoms with van der Waals surface area (Å²) in [6, 6.07) is 8.22. The zero-order chi connectivity index (χ0) is 23.0. The van der Waals surface area contributed by atoms with E-state index in [-0.39, 0.29) is 29.5 Å². The normalized spacial score (nSPS) is 24.0. The molecule has 1 aromatic carbocycles. The number of nitrogens with one attached hydrogen (secondary N) is 1. The molecule has 8 nitrogen and oxygen atoms in total. The summed E-state index contributed by atoms with van der Waals surface area (Å²) in [5.41, 5.74) is 0.326. The average molecular weight is 493 g/mol. The fraction of sp³-hybridized carbons (Fsp3) is 0.364. The fourth-order valence-corrected chi connectivity index (χ4v) is 4.25. The summed E-state index contributed by atoms with van der Waals surface area (Å²) in [6.45, 7) is 0.0542. The Labute approximate surface area is 198 Å². The first-order chi connectivity index (χ1) is 15.9. The number of amides is 1. The molecule has 1 saturated heterocycles. The number of aromatic nitrogens is 3. The SMILES string of the molecule is O=C(COc1cnc(Cl)c(F)c1)N[C@]12COC(c3nnc(-c4ccc(Cl)cc4)o3)CCC1C2. The van der Waals surface area contributed by atoms with Crippen molar-refractivity contribution >= 4 is 29.1 Å². The number of pyridine rings is 1. The lowest BCUT2D eigenvalue weighted by Crippen LogP contribution is -2.44. The number of benzene rings is 1. The molecule has 3 aromatic rings. The topological polar surface area (TPSA) is 99.4 Å². The third-order valence-electron chi connectivity index (χ3n) is 5.89. The van der Waals surface area contributed by atoms with Crippen LogP contribution in [0.3, 0.4) is 0 Å². The Bertz CT molecular complexity index is 1180. The Morgan fingerprint density at radius 3 is 2.85 bits per heavy atom. The van der Waals surface area contributed by atoms with Crippen molar-refractivity contribution in [1.29, 1.82) is 0 Å². The van der Waals surface area contributed by atoms with Gasteiger partial charge in [-0.05, 0) is 49.4 Å². The molecule has 3 heterocycles. The highest BCUT2D eigenvalue weighted by atomic mass is 35.5. The van der Waals surface area contributed by atoms with Crippen LogP contribution < -0.4 is 10.1 Å². The minimum absolute atomic E-state index is 0.127. The fourth-order valence-electron chi connectivity index (χ4n) is 4.02. The number of fused-ring (bicyclic) bond motifs is 1. The first-order valence-electron chi connectivity index (χ1n) is 10.4. The maximum atomic E-state index is 13.5. The highest BCUT2D eigenvalue weighted by Gasteiger charge is 2.57. The van der Waals surface area contributed by atoms with Gasteiger partial charge in [-0.1, -0.05) is 23.2 Å². The van der Waals surface area contributed by atoms with Crippen LogP contribution in [-0.2, 0) is 9.53 Å². The van der Waals surface area contributed by atoms with Crippen molar-refractivity contribution in [3.63, 3.8) is 0 Å². The number of halogens is 3. The van der Waals surface area contributed by atoms with Gasteiger partial charge < -0.3 is 19.2 Å². The van der Waals surface area contributed by atoms with E-state index in [0.29, 0.717) is 35.7 Å². The summed E-state index contributed by atoms with van der Waals surface area (Å²) in [5.74, 6) is 0.189. The molecule has 2 fully saturated rings. The van der Waals surface area contributed by atoms with Crippen molar-refractivity contribution in [2.75, 3.05) is 13.2 Å². The van der Waals surface area contributed by atoms with Crippen LogP contribution in [-0.4, -0.2) is 39.8 Å². The van der Waals surface area contributed by atoms with Crippen LogP contribution in [0.15, 0.2) is 40.9 Å². The van der Waals surface area contributed by atoms with Crippen LogP contribution in [0.1, 0.15) is 31.3 Å². The molecule has 5 rings (SSSR count). The van der Waals surface area contributed by atoms with Crippen molar-refractivity contribution in [3.8, 4) is 17.2 Å². The smallest absolute Gasteiger partial charge is 0.258 e. The maximum absolute atomic E-state index is 13.5. The molecular formula is C22H19Cl2FN4O4. The largest absolute Gasteiger partial charge is 0.482 e. The lowest BCUT2D eigenvalue weighted by molar-refractivity contribution is -0.125. The number of hydrogen-bond acceptors (Lipinski definition) is 7. The van der Waals surface area contributed by atoms with E-state index in [1.54, 1.807) is 12.1 Å². The Morgan fingerprint density at radius 1 is 1.24 bits per heavy atom. The van der Waals surface area contributed by atoms with Gasteiger partial charge in [-0.2, -0.15) is 0 Å². The molecular weight excluding hydrogens is 474 g/mol. The number of carbonyl (C=O) groups excluding carboxylic acids is 1. The average Bonchev–Trinajstić information content (AvgIpc) is 3.29. The Balaban J connectivity index is 1.17. The second-order valence-corrected chi connectivity index (χ2v) is 8.96. The molecule has 11 heteroatoms. The molecule has 1 aliphatic carbocycles. The summed E-state index contributed by atoms with van der Waals surface area (Å²) in [4.78, 5) is 16.1. The second-order valence-electron chi connectivity index (χ2n) is 8.17. The van der Waals surface area contributed by atoms with Gasteiger partial charge in [0, 0.05) is 16.7 Å². The first-order valence-corrected chi connectivity index (χ1v) is 11.1. The number of rotatable bonds is 6. The summed E-state index contributed by atoms with van der Waals surface area (Å²) in [6.07, 6.45) is 3.29. The predicted octanol–water partition coefficient (Wildman–Crippen LogP) is 4.38. The minimum atomic E-state index is -0.709. The molecule has 0 spiro atoms. The van der Waals surface area contributed by atoms with Gasteiger partial charge in [0.2, 0.25) is 11.8 Å². The summed E-state index contributed by atoms with van der Waals surface area (Å²) >= 11 is 11.5. The van der Waals surface area contributed by atoms with Crippen LogP contribution in [0, 0.1) is 11.7 Å². The molecule has 2 unspecified atom stereocenters. The van der Waals surface area contributed by atoms with E-state index in [2.05, 4.69) is 20.5 Å². The Morgan fingerprint density at radius 2 is 2.06 bits per heavy atom. The van der Waals surface area contributed by atoms with Gasteiger partial charge in [-0.3, -0.25) is 4.79 Å². The predicted molar refractivity (Wildman–Crippen MR) is 116 cm³/mol. The summed E-state index contributed by atoms with van der Waals surface area (Å²) < 4.78 is 30.7. The zero-order valence-corrected chi connectivity index (χ0v) is 18.8. The Kier molecular flexibility index (Phi) is 5.94. The van der Waals surface area contributed by atoms with Gasteiger partial charge in [-0.25, -0.2) is 9.37 Å². The molecule has 172 valence electrons. The molecule has 2 aromatic heterocycles. The van der Waals surface area contributed by atoms with Crippen molar-refractivity contribution in [1.82, 2.24) is 20.5 Å². The number of carbonyl (C=O) groups is 1. The third-order valence-corrected chi connectivity index (χ3v) is 6.42. The van der Waals surface area contributed by atoms with Crippen molar-refractivity contribution < 1.29 is 23.1 Å². The van der Waals surface area contributed by atoms with Crippen LogP contribution in [0.4, 0.5) is 4.39 Å². The molecule has 1 saturated carbocycles. The van der Waals surface area contributed by atoms with Gasteiger partial charge in [-0.15, -0.1) is 10.2 Å². The van der Waals surface area contributed by atoms with E-state index in [1.165, 1.54) is 6.20 Å². The van der Waals surface area contributed by atoms with E-state index in [0.717, 1.165) is 24.5 Å². The highest BCUT2D eigenvalue weighted by molar-refractivity contribution is 6.30. The molecule has 1 aliphatic heterocycles. The minimum Gasteiger partial charge on any atom is -0.482 e. The van der Waals surface area contributed by atoms with E-state index in [4.69, 9.17) is 37.1 Å². The van der Waals surface area contributed by atoms with E-state index in [1.807, 2.05) is 12.1 Å². The quantitative estimate of drug-likeness (QED) is 0.509. The molecule has 3 atom stereocenters. The summed E-state index contributed by atoms with van der Waals surface area (Å²) in [7, 11) is 0. The monoisotopic (exact) mass is 492 g/mol. The Hall–Kier alpha value is -2.75. The van der Waals surface area contributed by atoms with Gasteiger partial charge in [0.05, 0.1) is 18.3 Å². The summed E-state index contributed by atoms with van der Waals surface area (Å²) in [5, 5.41) is 11.6. The van der Waals surface area contributed by atoms with Crippen LogP contribution >= 0.6 is 23.2 Å². The van der Waals surface area contributed by atoms with Gasteiger partial charge in [0.15, 0.2) is 17.6 Å². The van der Waals surface area contributed by atoms with Gasteiger partial charge in [0.25, 0.3) is 5.91 Å². The van der Waals surface area contributed by atoms with Crippen LogP contribution in [0.25, 0.3) is 11.5 Å². The lowest BCUT2D eigenvalue weighted by Gasteiger charge is -2.19. The van der Waals surface area contributed by atoms with Crippen LogP contribution in [0.2, 0.25) is 10.2 Å². The maximum Gasteiger partial charge on any atom is 0.258 e. The number of hydrogen-bond donors (Lipinski definition) is 1. The van der Waals surface area contributed by atoms with Crippen molar-refractivity contribution in [2.24, 2.45) is 5.92 Å². The van der Waals surface area contributed by atoms with Gasteiger partial charge >= 0.3 is 0 Å². The van der Waals surface area contributed by atoms with Gasteiger partial charge in [0.1, 0.15) is 11.9 Å². The third kappa shape index (κ3) is 4.80. The highest BCUT2D eigenvalue weighted by Crippen LogP contribution is 2.51. The molecule has 0 radical (unpaired) electrons. The van der Waals surface area contributed by atoms with E-state index < -0.39 is 11.4 Å². The van der Waals surface area contributed by atoms with Crippen molar-refractivity contribution in [2.45, 2.75) is 30.9 Å². The molecule has 2 aliphatic rings. The second kappa shape index (κ2) is 8.89. The van der Waals surface area contributed by atoms with E-state index >= 15 is 0 Å². The first kappa shape index (κ1) is 22.1. The lowest BCUT2D eigenvalue weighted by atomic mass is 10.1. The zero-order valence-electron chi connectivity index (χ0n) is 17.3. The van der Waals surface area contributed by atoms with Crippen molar-refractivity contribution in [3.05, 3.63) is 58.4 Å². The number of nitrogens with zero attached hydrogens (tertiary/aromatic N) is 3. The molecule has 0 bridgehead atoms.